The summed E-state index contributed by atoms with van der Waals surface area (Å²) in [4.78, 5) is 23.4. The van der Waals surface area contributed by atoms with Crippen LogP contribution >= 0.6 is 11.8 Å². The molecule has 6 heteroatoms. The van der Waals surface area contributed by atoms with E-state index < -0.39 is 5.97 Å². The molecule has 0 heterocycles. The van der Waals surface area contributed by atoms with Gasteiger partial charge in [0.25, 0.3) is 0 Å². The Morgan fingerprint density at radius 1 is 1.50 bits per heavy atom. The number of carbonyl (C=O) groups is 2. The second-order valence-corrected chi connectivity index (χ2v) is 5.23. The standard InChI is InChI=1S/C10H18N2O3S/c1-3-12(6-8(13)14)9(15)11-7-10(16-2)4-5-10/h3-7H2,1-2H3,(H,11,15)(H,13,14). The van der Waals surface area contributed by atoms with Crippen molar-refractivity contribution in [3.05, 3.63) is 0 Å². The number of hydrogen-bond acceptors (Lipinski definition) is 3. The molecule has 16 heavy (non-hydrogen) atoms. The molecule has 0 spiro atoms. The molecule has 0 unspecified atom stereocenters. The molecule has 0 aromatic heterocycles. The van der Waals surface area contributed by atoms with E-state index in [9.17, 15) is 9.59 Å². The van der Waals surface area contributed by atoms with E-state index in [-0.39, 0.29) is 17.3 Å². The number of rotatable bonds is 6. The largest absolute Gasteiger partial charge is 0.480 e. The van der Waals surface area contributed by atoms with Gasteiger partial charge in [0, 0.05) is 17.8 Å². The Morgan fingerprint density at radius 2 is 2.12 bits per heavy atom. The predicted molar refractivity (Wildman–Crippen MR) is 63.8 cm³/mol. The first-order valence-corrected chi connectivity index (χ1v) is 6.55. The fraction of sp³-hybridized carbons (Fsp3) is 0.800. The minimum Gasteiger partial charge on any atom is -0.480 e. The fourth-order valence-electron chi connectivity index (χ4n) is 1.43. The lowest BCUT2D eigenvalue weighted by Crippen LogP contribution is -2.44. The minimum absolute atomic E-state index is 0.207. The number of hydrogen-bond donors (Lipinski definition) is 2. The number of likely N-dealkylation sites (N-methyl/N-ethyl adjacent to an activating group) is 1. The van der Waals surface area contributed by atoms with Gasteiger partial charge in [-0.3, -0.25) is 4.79 Å². The van der Waals surface area contributed by atoms with Gasteiger partial charge in [0.15, 0.2) is 0 Å². The minimum atomic E-state index is -0.983. The molecule has 2 N–H and O–H groups in total. The summed E-state index contributed by atoms with van der Waals surface area (Å²) in [6, 6.07) is -0.287. The monoisotopic (exact) mass is 246 g/mol. The first-order valence-electron chi connectivity index (χ1n) is 5.33. The molecule has 1 saturated carbocycles. The molecule has 1 aliphatic rings. The highest BCUT2D eigenvalue weighted by atomic mass is 32.2. The summed E-state index contributed by atoms with van der Waals surface area (Å²) in [5.41, 5.74) is 0. The smallest absolute Gasteiger partial charge is 0.323 e. The number of amides is 2. The van der Waals surface area contributed by atoms with Crippen molar-refractivity contribution in [2.75, 3.05) is 25.9 Å². The Balaban J connectivity index is 2.35. The van der Waals surface area contributed by atoms with Crippen LogP contribution in [0.3, 0.4) is 0 Å². The van der Waals surface area contributed by atoms with Crippen LogP contribution in [0.25, 0.3) is 0 Å². The summed E-state index contributed by atoms with van der Waals surface area (Å²) < 4.78 is 0.207. The van der Waals surface area contributed by atoms with Gasteiger partial charge in [-0.1, -0.05) is 0 Å². The van der Waals surface area contributed by atoms with E-state index in [0.29, 0.717) is 13.1 Å². The zero-order chi connectivity index (χ0) is 12.2. The van der Waals surface area contributed by atoms with Crippen molar-refractivity contribution in [1.82, 2.24) is 10.2 Å². The number of carboxylic acids is 1. The second kappa shape index (κ2) is 5.43. The van der Waals surface area contributed by atoms with Crippen molar-refractivity contribution in [3.63, 3.8) is 0 Å². The van der Waals surface area contributed by atoms with E-state index in [1.165, 1.54) is 4.90 Å². The van der Waals surface area contributed by atoms with Gasteiger partial charge < -0.3 is 15.3 Å². The maximum atomic E-state index is 11.6. The summed E-state index contributed by atoms with van der Waals surface area (Å²) in [5.74, 6) is -0.983. The molecule has 2 amide bonds. The lowest BCUT2D eigenvalue weighted by molar-refractivity contribution is -0.137. The van der Waals surface area contributed by atoms with Gasteiger partial charge in [-0.2, -0.15) is 11.8 Å². The van der Waals surface area contributed by atoms with Crippen LogP contribution in [0, 0.1) is 0 Å². The average molecular weight is 246 g/mol. The normalized spacial score (nSPS) is 16.6. The predicted octanol–water partition coefficient (Wildman–Crippen LogP) is 0.998. The van der Waals surface area contributed by atoms with E-state index in [4.69, 9.17) is 5.11 Å². The number of nitrogens with one attached hydrogen (secondary N) is 1. The third-order valence-electron chi connectivity index (χ3n) is 2.80. The highest BCUT2D eigenvalue weighted by Gasteiger charge is 2.42. The highest BCUT2D eigenvalue weighted by molar-refractivity contribution is 8.00. The molecule has 1 rings (SSSR count). The zero-order valence-electron chi connectivity index (χ0n) is 9.65. The van der Waals surface area contributed by atoms with Crippen LogP contribution in [-0.2, 0) is 4.79 Å². The molecule has 1 aliphatic carbocycles. The molecule has 0 radical (unpaired) electrons. The Hall–Kier alpha value is -0.910. The number of carbonyl (C=O) groups excluding carboxylic acids is 1. The van der Waals surface area contributed by atoms with Crippen LogP contribution in [0.4, 0.5) is 4.79 Å². The third-order valence-corrected chi connectivity index (χ3v) is 4.22. The summed E-state index contributed by atoms with van der Waals surface area (Å²) in [5, 5.41) is 11.4. The maximum Gasteiger partial charge on any atom is 0.323 e. The molecule has 0 aliphatic heterocycles. The molecule has 0 aromatic rings. The first-order chi connectivity index (χ1) is 7.53. The maximum absolute atomic E-state index is 11.6. The quantitative estimate of drug-likeness (QED) is 0.733. The Labute approximate surface area is 99.6 Å². The summed E-state index contributed by atoms with van der Waals surface area (Å²) >= 11 is 1.76. The Bertz CT molecular complexity index is 279. The number of nitrogens with zero attached hydrogens (tertiary/aromatic N) is 1. The zero-order valence-corrected chi connectivity index (χ0v) is 10.5. The van der Waals surface area contributed by atoms with Gasteiger partial charge in [0.05, 0.1) is 0 Å². The van der Waals surface area contributed by atoms with E-state index in [1.807, 2.05) is 6.26 Å². The van der Waals surface area contributed by atoms with Gasteiger partial charge in [-0.05, 0) is 26.0 Å². The Morgan fingerprint density at radius 3 is 2.50 bits per heavy atom. The average Bonchev–Trinajstić information content (AvgIpc) is 3.03. The number of aliphatic carboxylic acids is 1. The van der Waals surface area contributed by atoms with Crippen LogP contribution in [-0.4, -0.2) is 52.6 Å². The van der Waals surface area contributed by atoms with Gasteiger partial charge in [-0.25, -0.2) is 4.79 Å². The van der Waals surface area contributed by atoms with Crippen LogP contribution in [0.2, 0.25) is 0 Å². The van der Waals surface area contributed by atoms with Crippen molar-refractivity contribution in [3.8, 4) is 0 Å². The van der Waals surface area contributed by atoms with Crippen LogP contribution in [0.5, 0.6) is 0 Å². The van der Waals surface area contributed by atoms with E-state index in [2.05, 4.69) is 5.32 Å². The van der Waals surface area contributed by atoms with Crippen LogP contribution in [0.15, 0.2) is 0 Å². The molecule has 0 bridgehead atoms. The van der Waals surface area contributed by atoms with Gasteiger partial charge in [-0.15, -0.1) is 0 Å². The first kappa shape index (κ1) is 13.2. The summed E-state index contributed by atoms with van der Waals surface area (Å²) in [7, 11) is 0. The molecule has 1 fully saturated rings. The molecule has 0 aromatic carbocycles. The highest BCUT2D eigenvalue weighted by Crippen LogP contribution is 2.46. The molecule has 0 saturated heterocycles. The number of carboxylic acid groups (broad SMARTS) is 1. The van der Waals surface area contributed by atoms with Crippen molar-refractivity contribution in [2.45, 2.75) is 24.5 Å². The number of urea groups is 1. The van der Waals surface area contributed by atoms with E-state index in [0.717, 1.165) is 12.8 Å². The van der Waals surface area contributed by atoms with E-state index in [1.54, 1.807) is 18.7 Å². The molecular weight excluding hydrogens is 228 g/mol. The summed E-state index contributed by atoms with van der Waals surface area (Å²) in [6.07, 6.45) is 4.28. The van der Waals surface area contributed by atoms with E-state index >= 15 is 0 Å². The molecule has 0 atom stereocenters. The SMILES string of the molecule is CCN(CC(=O)O)C(=O)NCC1(SC)CC1. The molecular formula is C10H18N2O3S. The van der Waals surface area contributed by atoms with Crippen molar-refractivity contribution in [2.24, 2.45) is 0 Å². The van der Waals surface area contributed by atoms with Gasteiger partial charge >= 0.3 is 12.0 Å². The molecule has 5 nitrogen and oxygen atoms in total. The van der Waals surface area contributed by atoms with Crippen molar-refractivity contribution < 1.29 is 14.7 Å². The Kier molecular flexibility index (Phi) is 4.46. The number of thioether (sulfide) groups is 1. The second-order valence-electron chi connectivity index (χ2n) is 3.95. The molecule has 92 valence electrons. The van der Waals surface area contributed by atoms with Gasteiger partial charge in [0.1, 0.15) is 6.54 Å². The van der Waals surface area contributed by atoms with Crippen molar-refractivity contribution in [1.29, 1.82) is 0 Å². The lowest BCUT2D eigenvalue weighted by atomic mass is 10.4. The topological polar surface area (TPSA) is 69.6 Å². The van der Waals surface area contributed by atoms with Gasteiger partial charge in [0.2, 0.25) is 0 Å². The fourth-order valence-corrected chi connectivity index (χ4v) is 2.16. The lowest BCUT2D eigenvalue weighted by Gasteiger charge is -2.21. The summed E-state index contributed by atoms with van der Waals surface area (Å²) in [6.45, 7) is 2.56. The van der Waals surface area contributed by atoms with Crippen LogP contribution < -0.4 is 5.32 Å². The van der Waals surface area contributed by atoms with Crippen molar-refractivity contribution >= 4 is 23.8 Å². The third kappa shape index (κ3) is 3.59. The van der Waals surface area contributed by atoms with Crippen LogP contribution in [0.1, 0.15) is 19.8 Å².